The highest BCUT2D eigenvalue weighted by molar-refractivity contribution is 6.35. The Labute approximate surface area is 133 Å². The highest BCUT2D eigenvalue weighted by atomic mass is 35.5. The van der Waals surface area contributed by atoms with E-state index in [1.165, 1.54) is 0 Å². The predicted octanol–water partition coefficient (Wildman–Crippen LogP) is 4.71. The number of aryl methyl sites for hydroxylation is 1. The summed E-state index contributed by atoms with van der Waals surface area (Å²) in [6.07, 6.45) is -0.678. The van der Waals surface area contributed by atoms with E-state index in [9.17, 15) is 4.79 Å². The second kappa shape index (κ2) is 6.83. The van der Waals surface area contributed by atoms with Gasteiger partial charge in [-0.05, 0) is 43.7 Å². The highest BCUT2D eigenvalue weighted by Gasteiger charge is 2.17. The molecule has 1 N–H and O–H groups in total. The van der Waals surface area contributed by atoms with Crippen LogP contribution in [-0.2, 0) is 4.79 Å². The van der Waals surface area contributed by atoms with E-state index < -0.39 is 6.10 Å². The summed E-state index contributed by atoms with van der Waals surface area (Å²) < 4.78 is 5.57. The summed E-state index contributed by atoms with van der Waals surface area (Å²) in [6.45, 7) is 3.59. The van der Waals surface area contributed by atoms with Gasteiger partial charge >= 0.3 is 0 Å². The number of para-hydroxylation sites is 1. The lowest BCUT2D eigenvalue weighted by Crippen LogP contribution is -2.30. The first kappa shape index (κ1) is 15.7. The topological polar surface area (TPSA) is 38.3 Å². The van der Waals surface area contributed by atoms with Gasteiger partial charge in [0.25, 0.3) is 5.91 Å². The number of benzene rings is 2. The Hall–Kier alpha value is -1.71. The summed E-state index contributed by atoms with van der Waals surface area (Å²) in [5.74, 6) is 0.184. The molecule has 0 saturated heterocycles. The van der Waals surface area contributed by atoms with E-state index in [-0.39, 0.29) is 5.91 Å². The molecule has 0 aliphatic carbocycles. The monoisotopic (exact) mass is 323 g/mol. The van der Waals surface area contributed by atoms with Gasteiger partial charge in [0.15, 0.2) is 6.10 Å². The van der Waals surface area contributed by atoms with E-state index in [1.54, 1.807) is 25.1 Å². The van der Waals surface area contributed by atoms with Gasteiger partial charge in [-0.1, -0.05) is 41.4 Å². The van der Waals surface area contributed by atoms with Crippen LogP contribution in [0.4, 0.5) is 5.69 Å². The summed E-state index contributed by atoms with van der Waals surface area (Å²) in [5, 5.41) is 3.72. The van der Waals surface area contributed by atoms with Crippen molar-refractivity contribution >= 4 is 34.8 Å². The molecule has 2 aromatic carbocycles. The van der Waals surface area contributed by atoms with Gasteiger partial charge in [-0.3, -0.25) is 4.79 Å². The SMILES string of the molecule is Cc1ccccc1NC(=O)[C@H](C)Oc1ccc(Cl)cc1Cl. The molecule has 0 aliphatic heterocycles. The molecule has 2 rings (SSSR count). The van der Waals surface area contributed by atoms with Crippen LogP contribution in [-0.4, -0.2) is 12.0 Å². The zero-order valence-corrected chi connectivity index (χ0v) is 13.2. The quantitative estimate of drug-likeness (QED) is 0.885. The number of ether oxygens (including phenoxy) is 1. The number of carbonyl (C=O) groups excluding carboxylic acids is 1. The molecule has 5 heteroatoms. The number of halogens is 2. The first-order valence-electron chi connectivity index (χ1n) is 6.45. The molecule has 0 saturated carbocycles. The van der Waals surface area contributed by atoms with E-state index in [2.05, 4.69) is 5.32 Å². The van der Waals surface area contributed by atoms with Crippen molar-refractivity contribution in [2.75, 3.05) is 5.32 Å². The van der Waals surface area contributed by atoms with Crippen LogP contribution in [0.5, 0.6) is 5.75 Å². The number of rotatable bonds is 4. The van der Waals surface area contributed by atoms with Gasteiger partial charge < -0.3 is 10.1 Å². The van der Waals surface area contributed by atoms with Crippen molar-refractivity contribution in [3.63, 3.8) is 0 Å². The lowest BCUT2D eigenvalue weighted by atomic mass is 10.2. The van der Waals surface area contributed by atoms with Crippen LogP contribution >= 0.6 is 23.2 Å². The van der Waals surface area contributed by atoms with Crippen LogP contribution < -0.4 is 10.1 Å². The second-order valence-corrected chi connectivity index (χ2v) is 5.48. The van der Waals surface area contributed by atoms with Gasteiger partial charge in [0.05, 0.1) is 5.02 Å². The van der Waals surface area contributed by atoms with Crippen molar-refractivity contribution in [3.8, 4) is 5.75 Å². The maximum atomic E-state index is 12.1. The Morgan fingerprint density at radius 1 is 1.19 bits per heavy atom. The molecule has 21 heavy (non-hydrogen) atoms. The number of anilines is 1. The summed E-state index contributed by atoms with van der Waals surface area (Å²) >= 11 is 11.8. The van der Waals surface area contributed by atoms with E-state index in [0.29, 0.717) is 15.8 Å². The lowest BCUT2D eigenvalue weighted by molar-refractivity contribution is -0.122. The third kappa shape index (κ3) is 4.13. The third-order valence-corrected chi connectivity index (χ3v) is 3.50. The number of hydrogen-bond donors (Lipinski definition) is 1. The summed E-state index contributed by atoms with van der Waals surface area (Å²) in [5.41, 5.74) is 1.75. The molecule has 0 bridgehead atoms. The van der Waals surface area contributed by atoms with Crippen molar-refractivity contribution in [2.45, 2.75) is 20.0 Å². The molecule has 0 spiro atoms. The maximum Gasteiger partial charge on any atom is 0.265 e. The molecule has 2 aromatic rings. The molecule has 0 heterocycles. The fraction of sp³-hybridized carbons (Fsp3) is 0.188. The minimum atomic E-state index is -0.678. The normalized spacial score (nSPS) is 11.8. The van der Waals surface area contributed by atoms with Gasteiger partial charge in [0.2, 0.25) is 0 Å². The van der Waals surface area contributed by atoms with Gasteiger partial charge in [0.1, 0.15) is 5.75 Å². The van der Waals surface area contributed by atoms with Gasteiger partial charge in [-0.2, -0.15) is 0 Å². The second-order valence-electron chi connectivity index (χ2n) is 4.64. The highest BCUT2D eigenvalue weighted by Crippen LogP contribution is 2.28. The van der Waals surface area contributed by atoms with Crippen LogP contribution in [0.3, 0.4) is 0 Å². The molecule has 0 aliphatic rings. The first-order valence-corrected chi connectivity index (χ1v) is 7.21. The zero-order chi connectivity index (χ0) is 15.4. The Morgan fingerprint density at radius 3 is 2.57 bits per heavy atom. The molecule has 0 unspecified atom stereocenters. The molecular weight excluding hydrogens is 309 g/mol. The lowest BCUT2D eigenvalue weighted by Gasteiger charge is -2.16. The Bertz CT molecular complexity index is 658. The summed E-state index contributed by atoms with van der Waals surface area (Å²) in [6, 6.07) is 12.4. The van der Waals surface area contributed by atoms with Crippen LogP contribution in [0.1, 0.15) is 12.5 Å². The van der Waals surface area contributed by atoms with Crippen LogP contribution in [0.25, 0.3) is 0 Å². The molecule has 0 radical (unpaired) electrons. The first-order chi connectivity index (χ1) is 9.97. The van der Waals surface area contributed by atoms with Crippen LogP contribution in [0.2, 0.25) is 10.0 Å². The van der Waals surface area contributed by atoms with Crippen molar-refractivity contribution in [3.05, 3.63) is 58.1 Å². The molecule has 0 fully saturated rings. The van der Waals surface area contributed by atoms with Crippen molar-refractivity contribution in [2.24, 2.45) is 0 Å². The van der Waals surface area contributed by atoms with Gasteiger partial charge in [0, 0.05) is 10.7 Å². The largest absolute Gasteiger partial charge is 0.479 e. The fourth-order valence-corrected chi connectivity index (χ4v) is 2.22. The standard InChI is InChI=1S/C16H15Cl2NO2/c1-10-5-3-4-6-14(10)19-16(20)11(2)21-15-8-7-12(17)9-13(15)18/h3-9,11H,1-2H3,(H,19,20)/t11-/m0/s1. The van der Waals surface area contributed by atoms with Crippen molar-refractivity contribution < 1.29 is 9.53 Å². The maximum absolute atomic E-state index is 12.1. The third-order valence-electron chi connectivity index (χ3n) is 2.97. The molecule has 1 amide bonds. The minimum Gasteiger partial charge on any atom is -0.479 e. The predicted molar refractivity (Wildman–Crippen MR) is 86.4 cm³/mol. The smallest absolute Gasteiger partial charge is 0.265 e. The Kier molecular flexibility index (Phi) is 5.10. The Balaban J connectivity index is 2.04. The van der Waals surface area contributed by atoms with Gasteiger partial charge in [-0.15, -0.1) is 0 Å². The van der Waals surface area contributed by atoms with Crippen LogP contribution in [0.15, 0.2) is 42.5 Å². The van der Waals surface area contributed by atoms with Crippen molar-refractivity contribution in [1.29, 1.82) is 0 Å². The average molecular weight is 324 g/mol. The summed E-state index contributed by atoms with van der Waals surface area (Å²) in [4.78, 5) is 12.1. The van der Waals surface area contributed by atoms with E-state index in [0.717, 1.165) is 11.3 Å². The number of amides is 1. The van der Waals surface area contributed by atoms with Crippen LogP contribution in [0, 0.1) is 6.92 Å². The zero-order valence-electron chi connectivity index (χ0n) is 11.7. The van der Waals surface area contributed by atoms with Gasteiger partial charge in [-0.25, -0.2) is 0 Å². The molecule has 3 nitrogen and oxygen atoms in total. The minimum absolute atomic E-state index is 0.240. The van der Waals surface area contributed by atoms with Crippen molar-refractivity contribution in [1.82, 2.24) is 0 Å². The molecular formula is C16H15Cl2NO2. The molecule has 0 aromatic heterocycles. The number of nitrogens with one attached hydrogen (secondary N) is 1. The summed E-state index contributed by atoms with van der Waals surface area (Å²) in [7, 11) is 0. The average Bonchev–Trinajstić information content (AvgIpc) is 2.44. The fourth-order valence-electron chi connectivity index (χ4n) is 1.76. The number of carbonyl (C=O) groups is 1. The van der Waals surface area contributed by atoms with E-state index in [1.807, 2.05) is 31.2 Å². The Morgan fingerprint density at radius 2 is 1.90 bits per heavy atom. The van der Waals surface area contributed by atoms with E-state index >= 15 is 0 Å². The van der Waals surface area contributed by atoms with E-state index in [4.69, 9.17) is 27.9 Å². The number of hydrogen-bond acceptors (Lipinski definition) is 2. The molecule has 1 atom stereocenters. The molecule has 110 valence electrons.